The molecule has 0 bridgehead atoms. The average molecular weight is 577 g/mol. The number of benzene rings is 1. The van der Waals surface area contributed by atoms with Crippen molar-refractivity contribution >= 4 is 22.1 Å². The highest BCUT2D eigenvalue weighted by atomic mass is 19.1. The standard InChI is InChI=1S/C33H33FN8O/c1-2-35-17-21-11-23(19-36-18-21)24-14-29-31(40-41-33(29)38-20-24)30-16-28-27(5-6-37-32(28)39-30)22-12-25(34)15-26(13-22)43-10-9-42-7-3-4-8-42/h5-6,11-16,18-20,35H,2-4,7-10,17H2,1H3,(H,37,39)(H,38,40,41). The topological polar surface area (TPSA) is 108 Å². The number of pyridine rings is 3. The molecule has 43 heavy (non-hydrogen) atoms. The van der Waals surface area contributed by atoms with E-state index in [4.69, 9.17) is 4.74 Å². The number of likely N-dealkylation sites (tertiary alicyclic amines) is 1. The van der Waals surface area contributed by atoms with Crippen LogP contribution >= 0.6 is 0 Å². The third-order valence-electron chi connectivity index (χ3n) is 7.97. The monoisotopic (exact) mass is 576 g/mol. The number of nitrogens with zero attached hydrogens (tertiary/aromatic N) is 5. The molecule has 1 fully saturated rings. The maximum Gasteiger partial charge on any atom is 0.155 e. The number of aromatic nitrogens is 6. The summed E-state index contributed by atoms with van der Waals surface area (Å²) in [4.78, 5) is 19.4. The molecule has 7 rings (SSSR count). The van der Waals surface area contributed by atoms with E-state index < -0.39 is 0 Å². The highest BCUT2D eigenvalue weighted by molar-refractivity contribution is 5.99. The first-order chi connectivity index (χ1) is 21.1. The molecule has 9 nitrogen and oxygen atoms in total. The zero-order chi connectivity index (χ0) is 29.2. The lowest BCUT2D eigenvalue weighted by molar-refractivity contribution is 0.237. The van der Waals surface area contributed by atoms with Crippen LogP contribution in [0.2, 0.25) is 0 Å². The number of fused-ring (bicyclic) bond motifs is 2. The van der Waals surface area contributed by atoms with Gasteiger partial charge in [0.15, 0.2) is 5.65 Å². The van der Waals surface area contributed by atoms with E-state index in [1.54, 1.807) is 6.20 Å². The molecule has 5 aromatic heterocycles. The Morgan fingerprint density at radius 3 is 2.70 bits per heavy atom. The van der Waals surface area contributed by atoms with Gasteiger partial charge in [0, 0.05) is 65.8 Å². The van der Waals surface area contributed by atoms with Crippen LogP contribution in [0.4, 0.5) is 4.39 Å². The highest BCUT2D eigenvalue weighted by Crippen LogP contribution is 2.35. The number of rotatable bonds is 10. The van der Waals surface area contributed by atoms with Gasteiger partial charge in [-0.05, 0) is 85.6 Å². The first-order valence-corrected chi connectivity index (χ1v) is 14.8. The quantitative estimate of drug-likeness (QED) is 0.185. The van der Waals surface area contributed by atoms with Crippen molar-refractivity contribution in [3.63, 3.8) is 0 Å². The van der Waals surface area contributed by atoms with Gasteiger partial charge in [-0.15, -0.1) is 0 Å². The maximum absolute atomic E-state index is 14.8. The molecule has 0 radical (unpaired) electrons. The molecule has 0 aliphatic carbocycles. The van der Waals surface area contributed by atoms with Gasteiger partial charge >= 0.3 is 0 Å². The average Bonchev–Trinajstić information content (AvgIpc) is 3.79. The van der Waals surface area contributed by atoms with Gasteiger partial charge in [-0.25, -0.2) is 14.4 Å². The SMILES string of the molecule is CCNCc1cncc(-c2cnc3[nH]nc(-c4cc5c(-c6cc(F)cc(OCCN7CCCC7)c6)ccnc5[nH]4)c3c2)c1. The van der Waals surface area contributed by atoms with E-state index in [-0.39, 0.29) is 5.82 Å². The van der Waals surface area contributed by atoms with Crippen LogP contribution in [0.15, 0.2) is 67.3 Å². The van der Waals surface area contributed by atoms with Crippen molar-refractivity contribution in [1.29, 1.82) is 0 Å². The number of halogens is 1. The van der Waals surface area contributed by atoms with E-state index in [2.05, 4.69) is 59.4 Å². The molecule has 0 spiro atoms. The van der Waals surface area contributed by atoms with Crippen LogP contribution in [0.5, 0.6) is 5.75 Å². The Morgan fingerprint density at radius 2 is 1.81 bits per heavy atom. The molecule has 6 heterocycles. The minimum absolute atomic E-state index is 0.338. The molecule has 0 saturated carbocycles. The fourth-order valence-electron chi connectivity index (χ4n) is 5.78. The first-order valence-electron chi connectivity index (χ1n) is 14.8. The Hall–Kier alpha value is -4.67. The van der Waals surface area contributed by atoms with Gasteiger partial charge in [-0.1, -0.05) is 6.92 Å². The van der Waals surface area contributed by atoms with Gasteiger partial charge in [0.25, 0.3) is 0 Å². The molecule has 1 aromatic carbocycles. The van der Waals surface area contributed by atoms with Crippen LogP contribution < -0.4 is 10.1 Å². The van der Waals surface area contributed by atoms with Gasteiger partial charge in [0.1, 0.15) is 29.5 Å². The molecule has 1 aliphatic heterocycles. The lowest BCUT2D eigenvalue weighted by atomic mass is 10.0. The Morgan fingerprint density at radius 1 is 0.930 bits per heavy atom. The Balaban J connectivity index is 1.20. The van der Waals surface area contributed by atoms with Crippen LogP contribution in [0.25, 0.3) is 55.7 Å². The summed E-state index contributed by atoms with van der Waals surface area (Å²) < 4.78 is 20.7. The van der Waals surface area contributed by atoms with E-state index in [0.29, 0.717) is 23.7 Å². The summed E-state index contributed by atoms with van der Waals surface area (Å²) in [5.41, 5.74) is 7.53. The summed E-state index contributed by atoms with van der Waals surface area (Å²) in [6, 6.07) is 13.0. The van der Waals surface area contributed by atoms with Gasteiger partial charge in [0.05, 0.1) is 5.69 Å². The molecular formula is C33H33FN8O. The third-order valence-corrected chi connectivity index (χ3v) is 7.97. The second kappa shape index (κ2) is 11.9. The molecule has 0 atom stereocenters. The molecule has 3 N–H and O–H groups in total. The number of nitrogens with one attached hydrogen (secondary N) is 3. The van der Waals surface area contributed by atoms with E-state index in [1.807, 2.05) is 36.8 Å². The zero-order valence-corrected chi connectivity index (χ0v) is 24.0. The summed E-state index contributed by atoms with van der Waals surface area (Å²) in [7, 11) is 0. The van der Waals surface area contributed by atoms with Crippen molar-refractivity contribution in [2.75, 3.05) is 32.8 Å². The summed E-state index contributed by atoms with van der Waals surface area (Å²) in [6.45, 7) is 7.31. The van der Waals surface area contributed by atoms with Crippen molar-refractivity contribution in [2.24, 2.45) is 0 Å². The lowest BCUT2D eigenvalue weighted by Gasteiger charge is -2.15. The Bertz CT molecular complexity index is 1890. The number of hydrogen-bond acceptors (Lipinski definition) is 7. The minimum Gasteiger partial charge on any atom is -0.492 e. The second-order valence-electron chi connectivity index (χ2n) is 10.9. The van der Waals surface area contributed by atoms with Crippen molar-refractivity contribution in [3.05, 3.63) is 78.6 Å². The number of ether oxygens (including phenoxy) is 1. The zero-order valence-electron chi connectivity index (χ0n) is 24.0. The molecule has 1 aliphatic rings. The highest BCUT2D eigenvalue weighted by Gasteiger charge is 2.17. The molecule has 218 valence electrons. The number of aromatic amines is 2. The van der Waals surface area contributed by atoms with Gasteiger partial charge < -0.3 is 15.0 Å². The molecule has 10 heteroatoms. The molecule has 6 aromatic rings. The van der Waals surface area contributed by atoms with Gasteiger partial charge in [-0.3, -0.25) is 15.0 Å². The predicted molar refractivity (Wildman–Crippen MR) is 166 cm³/mol. The van der Waals surface area contributed by atoms with Crippen LogP contribution in [0, 0.1) is 5.82 Å². The minimum atomic E-state index is -0.338. The summed E-state index contributed by atoms with van der Waals surface area (Å²) in [5, 5.41) is 12.7. The fraction of sp³-hybridized carbons (Fsp3) is 0.273. The maximum atomic E-state index is 14.8. The summed E-state index contributed by atoms with van der Waals surface area (Å²) in [6.07, 6.45) is 9.74. The Labute approximate surface area is 248 Å². The number of hydrogen-bond donors (Lipinski definition) is 3. The van der Waals surface area contributed by atoms with Crippen molar-refractivity contribution < 1.29 is 9.13 Å². The van der Waals surface area contributed by atoms with Crippen LogP contribution in [0.1, 0.15) is 25.3 Å². The summed E-state index contributed by atoms with van der Waals surface area (Å²) in [5.74, 6) is 0.186. The van der Waals surface area contributed by atoms with Crippen LogP contribution in [-0.4, -0.2) is 67.8 Å². The first kappa shape index (κ1) is 27.2. The second-order valence-corrected chi connectivity index (χ2v) is 10.9. The summed E-state index contributed by atoms with van der Waals surface area (Å²) >= 11 is 0. The third kappa shape index (κ3) is 5.71. The van der Waals surface area contributed by atoms with Crippen molar-refractivity contribution in [2.45, 2.75) is 26.3 Å². The number of H-pyrrole nitrogens is 2. The van der Waals surface area contributed by atoms with Gasteiger partial charge in [-0.2, -0.15) is 5.10 Å². The van der Waals surface area contributed by atoms with Crippen molar-refractivity contribution in [1.82, 2.24) is 40.3 Å². The molecule has 0 amide bonds. The van der Waals surface area contributed by atoms with E-state index >= 15 is 0 Å². The van der Waals surface area contributed by atoms with Gasteiger partial charge in [0.2, 0.25) is 0 Å². The molecular weight excluding hydrogens is 543 g/mol. The predicted octanol–water partition coefficient (Wildman–Crippen LogP) is 5.95. The van der Waals surface area contributed by atoms with Crippen molar-refractivity contribution in [3.8, 4) is 39.4 Å². The van der Waals surface area contributed by atoms with E-state index in [0.717, 1.165) is 82.7 Å². The van der Waals surface area contributed by atoms with Crippen LogP contribution in [-0.2, 0) is 6.54 Å². The van der Waals surface area contributed by atoms with Crippen LogP contribution in [0.3, 0.4) is 0 Å². The largest absolute Gasteiger partial charge is 0.492 e. The van der Waals surface area contributed by atoms with E-state index in [1.165, 1.54) is 25.0 Å². The normalized spacial score (nSPS) is 13.8. The fourth-order valence-corrected chi connectivity index (χ4v) is 5.78. The molecule has 0 unspecified atom stereocenters. The Kier molecular flexibility index (Phi) is 7.53. The van der Waals surface area contributed by atoms with E-state index in [9.17, 15) is 4.39 Å². The lowest BCUT2D eigenvalue weighted by Crippen LogP contribution is -2.25. The smallest absolute Gasteiger partial charge is 0.155 e. The molecule has 1 saturated heterocycles.